The average Bonchev–Trinajstić information content (AvgIpc) is 2.62. The van der Waals surface area contributed by atoms with Crippen LogP contribution < -0.4 is 4.74 Å². The van der Waals surface area contributed by atoms with Gasteiger partial charge in [0.15, 0.2) is 11.5 Å². The van der Waals surface area contributed by atoms with Crippen LogP contribution in [0.15, 0.2) is 54.1 Å². The van der Waals surface area contributed by atoms with Crippen LogP contribution in [0.4, 0.5) is 5.69 Å². The number of nitro benzene ring substituents is 1. The first-order chi connectivity index (χ1) is 12.6. The molecule has 0 heterocycles. The van der Waals surface area contributed by atoms with Crippen molar-refractivity contribution in [2.45, 2.75) is 20.8 Å². The van der Waals surface area contributed by atoms with Crippen molar-refractivity contribution in [2.24, 2.45) is 5.41 Å². The second kappa shape index (κ2) is 7.70. The van der Waals surface area contributed by atoms with Crippen molar-refractivity contribution in [2.75, 3.05) is 0 Å². The molecule has 0 spiro atoms. The summed E-state index contributed by atoms with van der Waals surface area (Å²) in [6.45, 7) is 4.77. The van der Waals surface area contributed by atoms with Crippen LogP contribution in [0.3, 0.4) is 0 Å². The van der Waals surface area contributed by atoms with Crippen molar-refractivity contribution in [3.63, 3.8) is 0 Å². The zero-order valence-electron chi connectivity index (χ0n) is 15.1. The SMILES string of the molecule is CC(C)(C)C(=O)C(C#N)=C(O)c1ccc(Oc2ccccc2)cc1[N+](=O)[O-]. The van der Waals surface area contributed by atoms with E-state index in [1.807, 2.05) is 0 Å². The van der Waals surface area contributed by atoms with Crippen LogP contribution in [0.25, 0.3) is 5.76 Å². The van der Waals surface area contributed by atoms with Crippen LogP contribution in [0.2, 0.25) is 0 Å². The lowest BCUT2D eigenvalue weighted by molar-refractivity contribution is -0.385. The normalized spacial score (nSPS) is 11.9. The van der Waals surface area contributed by atoms with Gasteiger partial charge in [-0.05, 0) is 24.3 Å². The first-order valence-corrected chi connectivity index (χ1v) is 8.05. The number of aliphatic hydroxyl groups is 1. The number of nitriles is 1. The zero-order chi connectivity index (χ0) is 20.2. The number of hydrogen-bond donors (Lipinski definition) is 1. The molecule has 0 atom stereocenters. The van der Waals surface area contributed by atoms with E-state index in [1.165, 1.54) is 12.1 Å². The summed E-state index contributed by atoms with van der Waals surface area (Å²) in [5, 5.41) is 31.2. The van der Waals surface area contributed by atoms with Crippen molar-refractivity contribution >= 4 is 17.2 Å². The van der Waals surface area contributed by atoms with Crippen molar-refractivity contribution in [1.82, 2.24) is 0 Å². The van der Waals surface area contributed by atoms with Gasteiger partial charge < -0.3 is 9.84 Å². The van der Waals surface area contributed by atoms with E-state index in [0.29, 0.717) is 5.75 Å². The first kappa shape index (κ1) is 19.7. The number of nitro groups is 1. The Kier molecular flexibility index (Phi) is 5.61. The van der Waals surface area contributed by atoms with Crippen LogP contribution in [-0.2, 0) is 4.79 Å². The number of hydrogen-bond acceptors (Lipinski definition) is 6. The number of allylic oxidation sites excluding steroid dienone is 1. The summed E-state index contributed by atoms with van der Waals surface area (Å²) in [6, 6.07) is 14.1. The molecule has 0 fully saturated rings. The molecule has 2 rings (SSSR count). The molecule has 0 aliphatic rings. The van der Waals surface area contributed by atoms with Crippen LogP contribution in [0.1, 0.15) is 26.3 Å². The lowest BCUT2D eigenvalue weighted by Crippen LogP contribution is -2.22. The standard InChI is InChI=1S/C20H18N2O5/c1-20(2,3)19(24)16(12-21)18(23)15-10-9-14(11-17(15)22(25)26)27-13-7-5-4-6-8-13/h4-11,23H,1-3H3. The van der Waals surface area contributed by atoms with Gasteiger partial charge in [0.05, 0.1) is 16.6 Å². The van der Waals surface area contributed by atoms with E-state index in [-0.39, 0.29) is 11.3 Å². The Morgan fingerprint density at radius 1 is 1.15 bits per heavy atom. The second-order valence-corrected chi connectivity index (χ2v) is 6.77. The topological polar surface area (TPSA) is 113 Å². The molecule has 2 aromatic rings. The van der Waals surface area contributed by atoms with Gasteiger partial charge in [0, 0.05) is 5.41 Å². The van der Waals surface area contributed by atoms with Gasteiger partial charge in [-0.1, -0.05) is 39.0 Å². The highest BCUT2D eigenvalue weighted by Gasteiger charge is 2.30. The summed E-state index contributed by atoms with van der Waals surface area (Å²) in [5.41, 5.74) is -2.16. The number of benzene rings is 2. The van der Waals surface area contributed by atoms with E-state index in [4.69, 9.17) is 4.74 Å². The highest BCUT2D eigenvalue weighted by molar-refractivity contribution is 6.08. The molecule has 0 amide bonds. The molecule has 138 valence electrons. The predicted molar refractivity (Wildman–Crippen MR) is 99.2 cm³/mol. The van der Waals surface area contributed by atoms with E-state index in [9.17, 15) is 25.3 Å². The summed E-state index contributed by atoms with van der Waals surface area (Å²) in [7, 11) is 0. The Morgan fingerprint density at radius 3 is 2.30 bits per heavy atom. The second-order valence-electron chi connectivity index (χ2n) is 6.77. The third-order valence-electron chi connectivity index (χ3n) is 3.66. The molecule has 0 saturated heterocycles. The summed E-state index contributed by atoms with van der Waals surface area (Å²) in [4.78, 5) is 23.1. The number of Topliss-reactive ketones (excluding diaryl/α,β-unsaturated/α-hetero) is 1. The van der Waals surface area contributed by atoms with E-state index in [2.05, 4.69) is 0 Å². The van der Waals surface area contributed by atoms with Crippen molar-refractivity contribution in [3.05, 3.63) is 69.8 Å². The number of aliphatic hydroxyl groups excluding tert-OH is 1. The lowest BCUT2D eigenvalue weighted by Gasteiger charge is -2.16. The maximum atomic E-state index is 12.4. The van der Waals surface area contributed by atoms with E-state index in [1.54, 1.807) is 57.2 Å². The fourth-order valence-corrected chi connectivity index (χ4v) is 2.27. The number of ketones is 1. The molecule has 1 N–H and O–H groups in total. The van der Waals surface area contributed by atoms with E-state index in [0.717, 1.165) is 6.07 Å². The van der Waals surface area contributed by atoms with E-state index >= 15 is 0 Å². The molecule has 0 bridgehead atoms. The first-order valence-electron chi connectivity index (χ1n) is 8.05. The minimum absolute atomic E-state index is 0.185. The molecule has 0 aliphatic heterocycles. The Balaban J connectivity index is 2.53. The van der Waals surface area contributed by atoms with Crippen LogP contribution in [0, 0.1) is 26.9 Å². The molecule has 0 aliphatic carbocycles. The maximum absolute atomic E-state index is 12.4. The largest absolute Gasteiger partial charge is 0.506 e. The minimum Gasteiger partial charge on any atom is -0.506 e. The molecular formula is C20H18N2O5. The van der Waals surface area contributed by atoms with Crippen molar-refractivity contribution in [3.8, 4) is 17.6 Å². The fraction of sp³-hybridized carbons (Fsp3) is 0.200. The number of ether oxygens (including phenoxy) is 1. The Bertz CT molecular complexity index is 951. The van der Waals surface area contributed by atoms with Gasteiger partial charge in [-0.3, -0.25) is 14.9 Å². The van der Waals surface area contributed by atoms with Gasteiger partial charge in [-0.15, -0.1) is 0 Å². The summed E-state index contributed by atoms with van der Waals surface area (Å²) >= 11 is 0. The quantitative estimate of drug-likeness (QED) is 0.267. The van der Waals surface area contributed by atoms with Crippen LogP contribution >= 0.6 is 0 Å². The zero-order valence-corrected chi connectivity index (χ0v) is 15.1. The third-order valence-corrected chi connectivity index (χ3v) is 3.66. The molecule has 0 radical (unpaired) electrons. The Hall–Kier alpha value is -3.66. The number of rotatable bonds is 5. The highest BCUT2D eigenvalue weighted by Crippen LogP contribution is 2.34. The molecule has 0 saturated carbocycles. The fourth-order valence-electron chi connectivity index (χ4n) is 2.27. The molecule has 7 heteroatoms. The Morgan fingerprint density at radius 2 is 1.78 bits per heavy atom. The lowest BCUT2D eigenvalue weighted by atomic mass is 9.85. The molecule has 0 aromatic heterocycles. The molecule has 0 unspecified atom stereocenters. The smallest absolute Gasteiger partial charge is 0.284 e. The predicted octanol–water partition coefficient (Wildman–Crippen LogP) is 4.79. The summed E-state index contributed by atoms with van der Waals surface area (Å²) in [6.07, 6.45) is 0. The van der Waals surface area contributed by atoms with Crippen LogP contribution in [-0.4, -0.2) is 15.8 Å². The van der Waals surface area contributed by atoms with Gasteiger partial charge in [0.25, 0.3) is 5.69 Å². The molecule has 2 aromatic carbocycles. The maximum Gasteiger partial charge on any atom is 0.284 e. The van der Waals surface area contributed by atoms with Gasteiger partial charge >= 0.3 is 0 Å². The third kappa shape index (κ3) is 4.50. The molecule has 7 nitrogen and oxygen atoms in total. The van der Waals surface area contributed by atoms with Gasteiger partial charge in [-0.2, -0.15) is 5.26 Å². The number of para-hydroxylation sites is 1. The van der Waals surface area contributed by atoms with Crippen LogP contribution in [0.5, 0.6) is 11.5 Å². The average molecular weight is 366 g/mol. The summed E-state index contributed by atoms with van der Waals surface area (Å²) < 4.78 is 5.56. The van der Waals surface area contributed by atoms with Crippen molar-refractivity contribution in [1.29, 1.82) is 5.26 Å². The monoisotopic (exact) mass is 366 g/mol. The van der Waals surface area contributed by atoms with E-state index < -0.39 is 33.1 Å². The number of carbonyl (C=O) groups excluding carboxylic acids is 1. The molecule has 27 heavy (non-hydrogen) atoms. The van der Waals surface area contributed by atoms with Gasteiger partial charge in [0.1, 0.15) is 23.1 Å². The number of nitrogens with zero attached hydrogens (tertiary/aromatic N) is 2. The summed E-state index contributed by atoms with van der Waals surface area (Å²) in [5.74, 6) is -0.665. The molecular weight excluding hydrogens is 348 g/mol. The minimum atomic E-state index is -0.926. The highest BCUT2D eigenvalue weighted by atomic mass is 16.6. The van der Waals surface area contributed by atoms with Crippen molar-refractivity contribution < 1.29 is 19.6 Å². The number of carbonyl (C=O) groups is 1. The van der Waals surface area contributed by atoms with Gasteiger partial charge in [-0.25, -0.2) is 0 Å². The Labute approximate surface area is 156 Å². The van der Waals surface area contributed by atoms with Gasteiger partial charge in [0.2, 0.25) is 0 Å².